The minimum Gasteiger partial charge on any atom is -0.550 e. The predicted octanol–water partition coefficient (Wildman–Crippen LogP) is -0.961. The highest BCUT2D eigenvalue weighted by molar-refractivity contribution is 9.12. The molecule has 1 saturated carbocycles. The zero-order valence-corrected chi connectivity index (χ0v) is 10.3. The Morgan fingerprint density at radius 3 is 1.43 bits per heavy atom. The van der Waals surface area contributed by atoms with Gasteiger partial charge in [0, 0.05) is 33.4 Å². The highest BCUT2D eigenvalue weighted by Crippen LogP contribution is 2.37. The first-order valence-electron chi connectivity index (χ1n) is 4.13. The summed E-state index contributed by atoms with van der Waals surface area (Å²) in [5, 5.41) is 21.4. The summed E-state index contributed by atoms with van der Waals surface area (Å²) in [6, 6.07) is 0. The van der Waals surface area contributed by atoms with Crippen molar-refractivity contribution < 1.29 is 19.8 Å². The van der Waals surface area contributed by atoms with Crippen LogP contribution in [0, 0.1) is 11.8 Å². The molecular weight excluding hydrogens is 320 g/mol. The van der Waals surface area contributed by atoms with Crippen molar-refractivity contribution in [3.05, 3.63) is 0 Å². The highest BCUT2D eigenvalue weighted by Gasteiger charge is 2.36. The van der Waals surface area contributed by atoms with Crippen LogP contribution in [0.3, 0.4) is 0 Å². The van der Waals surface area contributed by atoms with Gasteiger partial charge in [0.15, 0.2) is 0 Å². The van der Waals surface area contributed by atoms with Gasteiger partial charge in [-0.05, 0) is 12.8 Å². The van der Waals surface area contributed by atoms with Crippen molar-refractivity contribution in [1.29, 1.82) is 0 Å². The summed E-state index contributed by atoms with van der Waals surface area (Å²) in [5.41, 5.74) is 0. The van der Waals surface area contributed by atoms with Crippen LogP contribution in [0.25, 0.3) is 0 Å². The van der Waals surface area contributed by atoms with Crippen molar-refractivity contribution in [3.8, 4) is 0 Å². The fourth-order valence-electron chi connectivity index (χ4n) is 1.63. The summed E-state index contributed by atoms with van der Waals surface area (Å²) in [4.78, 5) is 21.3. The van der Waals surface area contributed by atoms with E-state index in [-0.39, 0.29) is 22.5 Å². The Hall–Kier alpha value is -0.100. The zero-order valence-electron chi connectivity index (χ0n) is 7.11. The topological polar surface area (TPSA) is 80.3 Å². The van der Waals surface area contributed by atoms with Crippen LogP contribution in [-0.4, -0.2) is 21.6 Å². The van der Waals surface area contributed by atoms with Gasteiger partial charge < -0.3 is 19.8 Å². The van der Waals surface area contributed by atoms with Crippen molar-refractivity contribution in [2.75, 3.05) is 0 Å². The number of rotatable bonds is 2. The fourth-order valence-corrected chi connectivity index (χ4v) is 2.87. The Kier molecular flexibility index (Phi) is 3.94. The second-order valence-corrected chi connectivity index (χ2v) is 5.71. The Labute approximate surface area is 97.9 Å². The van der Waals surface area contributed by atoms with Gasteiger partial charge in [-0.15, -0.1) is 0 Å². The molecule has 0 aromatic carbocycles. The van der Waals surface area contributed by atoms with Gasteiger partial charge in [-0.3, -0.25) is 0 Å². The van der Waals surface area contributed by atoms with Gasteiger partial charge in [0.2, 0.25) is 0 Å². The SMILES string of the molecule is O=C([O-])[C@H]1C[C@@H](Br)[C@@H](Br)C[C@@H]1C(=O)[O-]. The third-order valence-electron chi connectivity index (χ3n) is 2.44. The zero-order chi connectivity index (χ0) is 10.9. The molecule has 0 unspecified atom stereocenters. The second kappa shape index (κ2) is 4.61. The molecule has 1 fully saturated rings. The van der Waals surface area contributed by atoms with Crippen LogP contribution in [0.1, 0.15) is 12.8 Å². The predicted molar refractivity (Wildman–Crippen MR) is 51.7 cm³/mol. The monoisotopic (exact) mass is 326 g/mol. The standard InChI is InChI=1S/C8H10Br2O4/c9-5-1-3(7(11)12)4(8(13)14)2-6(5)10/h3-6H,1-2H2,(H,11,12)(H,13,14)/p-2/t3-,4-,5-,6+/m0/s1. The Bertz CT molecular complexity index is 230. The average molecular weight is 328 g/mol. The largest absolute Gasteiger partial charge is 0.550 e. The van der Waals surface area contributed by atoms with Crippen LogP contribution in [0.2, 0.25) is 0 Å². The van der Waals surface area contributed by atoms with Gasteiger partial charge in [-0.25, -0.2) is 0 Å². The first kappa shape index (κ1) is 12.0. The number of aliphatic carboxylic acids is 2. The molecule has 1 aliphatic rings. The summed E-state index contributed by atoms with van der Waals surface area (Å²) in [7, 11) is 0. The molecule has 0 radical (unpaired) electrons. The van der Waals surface area contributed by atoms with Crippen molar-refractivity contribution in [1.82, 2.24) is 0 Å². The van der Waals surface area contributed by atoms with Crippen molar-refractivity contribution in [2.45, 2.75) is 22.5 Å². The average Bonchev–Trinajstić information content (AvgIpc) is 2.08. The summed E-state index contributed by atoms with van der Waals surface area (Å²) < 4.78 is 0. The minimum absolute atomic E-state index is 0.0407. The summed E-state index contributed by atoms with van der Waals surface area (Å²) >= 11 is 6.58. The molecule has 1 aliphatic carbocycles. The molecule has 0 amide bonds. The number of carbonyl (C=O) groups is 2. The van der Waals surface area contributed by atoms with Gasteiger partial charge in [-0.1, -0.05) is 31.9 Å². The van der Waals surface area contributed by atoms with Gasteiger partial charge in [0.05, 0.1) is 0 Å². The Morgan fingerprint density at radius 2 is 1.21 bits per heavy atom. The smallest absolute Gasteiger partial charge is 0.0452 e. The lowest BCUT2D eigenvalue weighted by Gasteiger charge is -2.38. The van der Waals surface area contributed by atoms with Gasteiger partial charge in [-0.2, -0.15) is 0 Å². The van der Waals surface area contributed by atoms with E-state index >= 15 is 0 Å². The van der Waals surface area contributed by atoms with Crippen LogP contribution in [0.15, 0.2) is 0 Å². The van der Waals surface area contributed by atoms with E-state index in [1.54, 1.807) is 0 Å². The maximum absolute atomic E-state index is 10.7. The molecule has 4 atom stereocenters. The van der Waals surface area contributed by atoms with E-state index in [0.29, 0.717) is 0 Å². The molecule has 0 N–H and O–H groups in total. The number of carboxylic acids is 2. The van der Waals surface area contributed by atoms with E-state index < -0.39 is 23.8 Å². The van der Waals surface area contributed by atoms with E-state index in [1.807, 2.05) is 0 Å². The van der Waals surface area contributed by atoms with E-state index in [0.717, 1.165) is 0 Å². The van der Waals surface area contributed by atoms with Crippen LogP contribution in [0.4, 0.5) is 0 Å². The van der Waals surface area contributed by atoms with Crippen molar-refractivity contribution in [2.24, 2.45) is 11.8 Å². The van der Waals surface area contributed by atoms with E-state index in [1.165, 1.54) is 0 Å². The summed E-state index contributed by atoms with van der Waals surface area (Å²) in [6.45, 7) is 0. The van der Waals surface area contributed by atoms with Gasteiger partial charge in [0.1, 0.15) is 0 Å². The van der Waals surface area contributed by atoms with Gasteiger partial charge in [0.25, 0.3) is 0 Å². The second-order valence-electron chi connectivity index (χ2n) is 3.35. The number of carboxylic acid groups (broad SMARTS) is 2. The molecule has 0 saturated heterocycles. The summed E-state index contributed by atoms with van der Waals surface area (Å²) in [6.07, 6.45) is 0.494. The molecule has 6 heteroatoms. The quantitative estimate of drug-likeness (QED) is 0.612. The lowest BCUT2D eigenvalue weighted by atomic mass is 9.79. The van der Waals surface area contributed by atoms with Gasteiger partial charge >= 0.3 is 0 Å². The Balaban J connectivity index is 2.80. The number of alkyl halides is 2. The maximum Gasteiger partial charge on any atom is 0.0452 e. The summed E-state index contributed by atoms with van der Waals surface area (Å²) in [5.74, 6) is -4.55. The number of hydrogen-bond donors (Lipinski definition) is 0. The molecule has 0 aromatic heterocycles. The molecule has 0 aliphatic heterocycles. The minimum atomic E-state index is -1.32. The lowest BCUT2D eigenvalue weighted by molar-refractivity contribution is -0.328. The van der Waals surface area contributed by atoms with E-state index in [4.69, 9.17) is 0 Å². The number of hydrogen-bond acceptors (Lipinski definition) is 4. The molecule has 1 rings (SSSR count). The molecular formula is C8H8Br2O4-2. The molecule has 0 bridgehead atoms. The fraction of sp³-hybridized carbons (Fsp3) is 0.750. The molecule has 14 heavy (non-hydrogen) atoms. The van der Waals surface area contributed by atoms with Crippen LogP contribution in [0.5, 0.6) is 0 Å². The highest BCUT2D eigenvalue weighted by atomic mass is 79.9. The maximum atomic E-state index is 10.7. The van der Waals surface area contributed by atoms with E-state index in [2.05, 4.69) is 31.9 Å². The van der Waals surface area contributed by atoms with Crippen molar-refractivity contribution in [3.63, 3.8) is 0 Å². The molecule has 0 spiro atoms. The van der Waals surface area contributed by atoms with E-state index in [9.17, 15) is 19.8 Å². The molecule has 80 valence electrons. The van der Waals surface area contributed by atoms with Crippen LogP contribution < -0.4 is 10.2 Å². The third kappa shape index (κ3) is 2.48. The first-order valence-corrected chi connectivity index (χ1v) is 5.96. The normalized spacial score (nSPS) is 37.9. The number of halogens is 2. The molecule has 4 nitrogen and oxygen atoms in total. The Morgan fingerprint density at radius 1 is 0.929 bits per heavy atom. The molecule has 0 aromatic rings. The van der Waals surface area contributed by atoms with Crippen LogP contribution >= 0.6 is 31.9 Å². The third-order valence-corrected chi connectivity index (χ3v) is 5.18. The van der Waals surface area contributed by atoms with Crippen LogP contribution in [-0.2, 0) is 9.59 Å². The van der Waals surface area contributed by atoms with Crippen molar-refractivity contribution >= 4 is 43.8 Å². The molecule has 0 heterocycles. The number of carbonyl (C=O) groups excluding carboxylic acids is 2. The lowest BCUT2D eigenvalue weighted by Crippen LogP contribution is -2.49. The first-order chi connectivity index (χ1) is 6.43.